The lowest BCUT2D eigenvalue weighted by molar-refractivity contribution is 0.371. The monoisotopic (exact) mass is 492 g/mol. The Hall–Kier alpha value is -1.42. The molecule has 0 amide bonds. The molecular formula is C18H23F2IN4S. The Balaban J connectivity index is 0.00000243. The number of aliphatic imine (C=N–C) groups is 1. The van der Waals surface area contributed by atoms with Gasteiger partial charge in [0.1, 0.15) is 11.6 Å². The maximum Gasteiger partial charge on any atom is 0.193 e. The third-order valence-corrected chi connectivity index (χ3v) is 5.05. The quantitative estimate of drug-likeness (QED) is 0.402. The van der Waals surface area contributed by atoms with Gasteiger partial charge < -0.3 is 15.1 Å². The van der Waals surface area contributed by atoms with Crippen LogP contribution in [0.15, 0.2) is 40.0 Å². The molecule has 0 aliphatic carbocycles. The largest absolute Gasteiger partial charge is 0.366 e. The van der Waals surface area contributed by atoms with Gasteiger partial charge in [-0.25, -0.2) is 8.78 Å². The Labute approximate surface area is 173 Å². The fraction of sp³-hybridized carbons (Fsp3) is 0.389. The summed E-state index contributed by atoms with van der Waals surface area (Å²) in [6, 6.07) is 5.72. The van der Waals surface area contributed by atoms with Gasteiger partial charge in [-0.2, -0.15) is 11.3 Å². The van der Waals surface area contributed by atoms with E-state index in [4.69, 9.17) is 0 Å². The summed E-state index contributed by atoms with van der Waals surface area (Å²) in [7, 11) is 1.77. The van der Waals surface area contributed by atoms with Gasteiger partial charge in [0.05, 0.1) is 5.69 Å². The smallest absolute Gasteiger partial charge is 0.193 e. The first-order valence-corrected chi connectivity index (χ1v) is 9.28. The third kappa shape index (κ3) is 5.29. The molecule has 0 spiro atoms. The third-order valence-electron chi connectivity index (χ3n) is 4.32. The van der Waals surface area contributed by atoms with E-state index in [-0.39, 0.29) is 29.8 Å². The van der Waals surface area contributed by atoms with Gasteiger partial charge in [0, 0.05) is 45.8 Å². The molecule has 1 aliphatic rings. The van der Waals surface area contributed by atoms with Crippen LogP contribution in [0.3, 0.4) is 0 Å². The molecule has 2 aromatic rings. The number of anilines is 1. The van der Waals surface area contributed by atoms with Gasteiger partial charge in [-0.1, -0.05) is 0 Å². The maximum atomic E-state index is 13.9. The minimum atomic E-state index is -0.412. The summed E-state index contributed by atoms with van der Waals surface area (Å²) in [4.78, 5) is 8.38. The molecule has 1 aromatic carbocycles. The highest BCUT2D eigenvalue weighted by Gasteiger charge is 2.21. The molecule has 1 aromatic heterocycles. The minimum absolute atomic E-state index is 0. The molecule has 1 saturated heterocycles. The van der Waals surface area contributed by atoms with Gasteiger partial charge in [-0.05, 0) is 40.9 Å². The molecule has 1 N–H and O–H groups in total. The predicted octanol–water partition coefficient (Wildman–Crippen LogP) is 3.58. The highest BCUT2D eigenvalue weighted by atomic mass is 127. The molecule has 0 radical (unpaired) electrons. The van der Waals surface area contributed by atoms with Crippen LogP contribution in [-0.2, 0) is 6.42 Å². The second-order valence-corrected chi connectivity index (χ2v) is 6.71. The lowest BCUT2D eigenvalue weighted by Crippen LogP contribution is -2.53. The van der Waals surface area contributed by atoms with E-state index in [0.29, 0.717) is 31.9 Å². The second-order valence-electron chi connectivity index (χ2n) is 5.93. The van der Waals surface area contributed by atoms with Crippen LogP contribution in [0.4, 0.5) is 14.5 Å². The number of piperazine rings is 1. The molecule has 4 nitrogen and oxygen atoms in total. The van der Waals surface area contributed by atoms with E-state index in [1.807, 2.05) is 4.90 Å². The standard InChI is InChI=1S/C18H22F2N4S.HI/c1-21-18(22-6-4-14-5-11-25-13-14)24-9-7-23(8-10-24)17-12-15(19)2-3-16(17)20;/h2-3,5,11-13H,4,6-10H2,1H3,(H,21,22);1H. The summed E-state index contributed by atoms with van der Waals surface area (Å²) < 4.78 is 27.3. The first kappa shape index (κ1) is 20.9. The maximum absolute atomic E-state index is 13.9. The van der Waals surface area contributed by atoms with Crippen molar-refractivity contribution in [2.45, 2.75) is 6.42 Å². The number of hydrogen-bond donors (Lipinski definition) is 1. The molecule has 2 heterocycles. The normalized spacial score (nSPS) is 15.0. The molecule has 1 aliphatic heterocycles. The fourth-order valence-corrected chi connectivity index (χ4v) is 3.68. The van der Waals surface area contributed by atoms with Gasteiger partial charge in [0.25, 0.3) is 0 Å². The Morgan fingerprint density at radius 1 is 1.19 bits per heavy atom. The zero-order valence-electron chi connectivity index (χ0n) is 14.6. The molecular weight excluding hydrogens is 469 g/mol. The number of nitrogens with one attached hydrogen (secondary N) is 1. The number of rotatable bonds is 4. The number of thiophene rings is 1. The van der Waals surface area contributed by atoms with E-state index in [1.165, 1.54) is 17.7 Å². The van der Waals surface area contributed by atoms with Crippen LogP contribution in [0.5, 0.6) is 0 Å². The number of nitrogens with zero attached hydrogens (tertiary/aromatic N) is 3. The van der Waals surface area contributed by atoms with Crippen molar-refractivity contribution in [3.05, 3.63) is 52.2 Å². The Morgan fingerprint density at radius 2 is 1.96 bits per heavy atom. The molecule has 26 heavy (non-hydrogen) atoms. The van der Waals surface area contributed by atoms with Crippen LogP contribution >= 0.6 is 35.3 Å². The van der Waals surface area contributed by atoms with Gasteiger partial charge >= 0.3 is 0 Å². The van der Waals surface area contributed by atoms with Gasteiger partial charge in [0.2, 0.25) is 0 Å². The summed E-state index contributed by atoms with van der Waals surface area (Å²) in [5.41, 5.74) is 1.65. The lowest BCUT2D eigenvalue weighted by atomic mass is 10.2. The Bertz CT molecular complexity index is 716. The highest BCUT2D eigenvalue weighted by molar-refractivity contribution is 14.0. The van der Waals surface area contributed by atoms with Crippen LogP contribution in [0.2, 0.25) is 0 Å². The average Bonchev–Trinajstić information content (AvgIpc) is 3.15. The average molecular weight is 492 g/mol. The zero-order valence-corrected chi connectivity index (χ0v) is 17.8. The van der Waals surface area contributed by atoms with Crippen molar-refractivity contribution in [2.75, 3.05) is 44.7 Å². The first-order valence-electron chi connectivity index (χ1n) is 8.34. The summed E-state index contributed by atoms with van der Waals surface area (Å²) in [5.74, 6) is 0.0625. The topological polar surface area (TPSA) is 30.9 Å². The van der Waals surface area contributed by atoms with Crippen molar-refractivity contribution in [3.63, 3.8) is 0 Å². The molecule has 8 heteroatoms. The van der Waals surface area contributed by atoms with Gasteiger partial charge in [-0.15, -0.1) is 24.0 Å². The summed E-state index contributed by atoms with van der Waals surface area (Å²) in [5, 5.41) is 7.61. The van der Waals surface area contributed by atoms with Gasteiger partial charge in [0.15, 0.2) is 5.96 Å². The van der Waals surface area contributed by atoms with E-state index in [1.54, 1.807) is 18.4 Å². The van der Waals surface area contributed by atoms with E-state index in [9.17, 15) is 8.78 Å². The molecule has 1 fully saturated rings. The molecule has 3 rings (SSSR count). The second kappa shape index (κ2) is 10.1. The molecule has 0 saturated carbocycles. The molecule has 142 valence electrons. The van der Waals surface area contributed by atoms with Crippen molar-refractivity contribution in [1.29, 1.82) is 0 Å². The van der Waals surface area contributed by atoms with E-state index in [2.05, 4.69) is 32.0 Å². The Morgan fingerprint density at radius 3 is 2.62 bits per heavy atom. The van der Waals surface area contributed by atoms with Crippen LogP contribution in [0, 0.1) is 11.6 Å². The number of benzene rings is 1. The van der Waals surface area contributed by atoms with Crippen molar-refractivity contribution in [3.8, 4) is 0 Å². The van der Waals surface area contributed by atoms with Crippen molar-refractivity contribution >= 4 is 47.0 Å². The SMILES string of the molecule is CN=C(NCCc1ccsc1)N1CCN(c2cc(F)ccc2F)CC1.I. The van der Waals surface area contributed by atoms with Crippen LogP contribution in [0.1, 0.15) is 5.56 Å². The molecule has 0 atom stereocenters. The van der Waals surface area contributed by atoms with Crippen molar-refractivity contribution in [2.24, 2.45) is 4.99 Å². The van der Waals surface area contributed by atoms with E-state index in [0.717, 1.165) is 25.0 Å². The van der Waals surface area contributed by atoms with E-state index >= 15 is 0 Å². The van der Waals surface area contributed by atoms with Crippen LogP contribution < -0.4 is 10.2 Å². The summed E-state index contributed by atoms with van der Waals surface area (Å²) in [6.45, 7) is 3.52. The number of guanidine groups is 1. The van der Waals surface area contributed by atoms with Gasteiger partial charge in [-0.3, -0.25) is 4.99 Å². The minimum Gasteiger partial charge on any atom is -0.366 e. The van der Waals surface area contributed by atoms with E-state index < -0.39 is 5.82 Å². The number of hydrogen-bond acceptors (Lipinski definition) is 3. The lowest BCUT2D eigenvalue weighted by Gasteiger charge is -2.37. The summed E-state index contributed by atoms with van der Waals surface area (Å²) >= 11 is 1.70. The zero-order chi connectivity index (χ0) is 17.6. The molecule has 0 unspecified atom stereocenters. The van der Waals surface area contributed by atoms with Crippen LogP contribution in [-0.4, -0.2) is 50.6 Å². The predicted molar refractivity (Wildman–Crippen MR) is 115 cm³/mol. The highest BCUT2D eigenvalue weighted by Crippen LogP contribution is 2.21. The van der Waals surface area contributed by atoms with Crippen molar-refractivity contribution in [1.82, 2.24) is 10.2 Å². The first-order chi connectivity index (χ1) is 12.2. The van der Waals surface area contributed by atoms with Crippen molar-refractivity contribution < 1.29 is 8.78 Å². The van der Waals surface area contributed by atoms with Crippen LogP contribution in [0.25, 0.3) is 0 Å². The fourth-order valence-electron chi connectivity index (χ4n) is 2.97. The Kier molecular flexibility index (Phi) is 8.08. The summed E-state index contributed by atoms with van der Waals surface area (Å²) in [6.07, 6.45) is 0.955. The molecule has 0 bridgehead atoms. The number of halogens is 3.